The summed E-state index contributed by atoms with van der Waals surface area (Å²) in [6.07, 6.45) is 0. The molecule has 2 aromatic rings. The van der Waals surface area contributed by atoms with E-state index in [9.17, 15) is 9.18 Å². The Morgan fingerprint density at radius 2 is 2.00 bits per heavy atom. The number of amides is 1. The van der Waals surface area contributed by atoms with E-state index in [0.29, 0.717) is 22.0 Å². The van der Waals surface area contributed by atoms with Crippen LogP contribution in [0, 0.1) is 5.82 Å². The highest BCUT2D eigenvalue weighted by atomic mass is 79.9. The zero-order valence-electron chi connectivity index (χ0n) is 9.58. The van der Waals surface area contributed by atoms with Crippen LogP contribution in [0.3, 0.4) is 0 Å². The molecule has 0 fully saturated rings. The molecule has 0 bridgehead atoms. The van der Waals surface area contributed by atoms with E-state index >= 15 is 0 Å². The van der Waals surface area contributed by atoms with Crippen LogP contribution in [0.1, 0.15) is 10.4 Å². The Labute approximate surface area is 122 Å². The molecule has 2 rings (SSSR count). The van der Waals surface area contributed by atoms with E-state index in [1.165, 1.54) is 24.3 Å². The second-order valence-corrected chi connectivity index (χ2v) is 5.08. The van der Waals surface area contributed by atoms with Crippen molar-refractivity contribution in [3.05, 3.63) is 57.3 Å². The average molecular weight is 344 g/mol. The Balaban J connectivity index is 2.20. The van der Waals surface area contributed by atoms with E-state index in [0.717, 1.165) is 0 Å². The predicted octanol–water partition coefficient (Wildman–Crippen LogP) is 4.08. The number of anilines is 2. The minimum atomic E-state index is -0.395. The zero-order chi connectivity index (χ0) is 14.0. The summed E-state index contributed by atoms with van der Waals surface area (Å²) in [5, 5.41) is 3.03. The van der Waals surface area contributed by atoms with Gasteiger partial charge in [0.1, 0.15) is 5.82 Å². The maximum Gasteiger partial charge on any atom is 0.255 e. The van der Waals surface area contributed by atoms with Crippen LogP contribution in [0.15, 0.2) is 40.9 Å². The Kier molecular flexibility index (Phi) is 4.07. The van der Waals surface area contributed by atoms with Crippen molar-refractivity contribution in [2.24, 2.45) is 0 Å². The largest absolute Gasteiger partial charge is 0.398 e. The first kappa shape index (κ1) is 13.8. The van der Waals surface area contributed by atoms with Crippen LogP contribution < -0.4 is 11.1 Å². The number of hydrogen-bond donors (Lipinski definition) is 2. The van der Waals surface area contributed by atoms with Gasteiger partial charge < -0.3 is 11.1 Å². The normalized spacial score (nSPS) is 10.3. The van der Waals surface area contributed by atoms with Crippen molar-refractivity contribution >= 4 is 44.8 Å². The number of rotatable bonds is 2. The lowest BCUT2D eigenvalue weighted by Crippen LogP contribution is -2.12. The van der Waals surface area contributed by atoms with Crippen molar-refractivity contribution in [3.8, 4) is 0 Å². The highest BCUT2D eigenvalue weighted by Crippen LogP contribution is 2.22. The maximum absolute atomic E-state index is 13.1. The summed E-state index contributed by atoms with van der Waals surface area (Å²) >= 11 is 8.83. The van der Waals surface area contributed by atoms with Crippen molar-refractivity contribution in [1.29, 1.82) is 0 Å². The first-order valence-electron chi connectivity index (χ1n) is 5.29. The van der Waals surface area contributed by atoms with Gasteiger partial charge in [0.15, 0.2) is 0 Å². The summed E-state index contributed by atoms with van der Waals surface area (Å²) in [5.41, 5.74) is 6.81. The summed E-state index contributed by atoms with van der Waals surface area (Å²) < 4.78 is 13.3. The van der Waals surface area contributed by atoms with Crippen molar-refractivity contribution in [2.75, 3.05) is 11.1 Å². The molecule has 0 radical (unpaired) electrons. The van der Waals surface area contributed by atoms with Crippen LogP contribution in [-0.2, 0) is 0 Å². The van der Waals surface area contributed by atoms with Gasteiger partial charge in [-0.1, -0.05) is 11.6 Å². The molecule has 3 nitrogen and oxygen atoms in total. The number of nitrogens with one attached hydrogen (secondary N) is 1. The molecular formula is C13H9BrClFN2O. The molecule has 6 heteroatoms. The molecule has 0 saturated heterocycles. The number of nitrogen functional groups attached to an aromatic ring is 1. The molecule has 3 N–H and O–H groups in total. The second kappa shape index (κ2) is 5.59. The van der Waals surface area contributed by atoms with Crippen LogP contribution in [0.2, 0.25) is 5.02 Å². The Bertz CT molecular complexity index is 649. The Morgan fingerprint density at radius 3 is 2.63 bits per heavy atom. The molecule has 0 saturated carbocycles. The molecule has 1 amide bonds. The predicted molar refractivity (Wildman–Crippen MR) is 77.9 cm³/mol. The van der Waals surface area contributed by atoms with Gasteiger partial charge in [-0.3, -0.25) is 4.79 Å². The molecule has 0 heterocycles. The summed E-state index contributed by atoms with van der Waals surface area (Å²) in [5.74, 6) is -0.740. The van der Waals surface area contributed by atoms with Gasteiger partial charge in [0.25, 0.3) is 5.91 Å². The lowest BCUT2D eigenvalue weighted by molar-refractivity contribution is 0.102. The maximum atomic E-state index is 13.1. The minimum Gasteiger partial charge on any atom is -0.398 e. The van der Waals surface area contributed by atoms with Crippen LogP contribution in [0.4, 0.5) is 15.8 Å². The van der Waals surface area contributed by atoms with Gasteiger partial charge in [-0.05, 0) is 52.3 Å². The second-order valence-electron chi connectivity index (χ2n) is 3.82. The number of benzene rings is 2. The third-order valence-corrected chi connectivity index (χ3v) is 3.39. The van der Waals surface area contributed by atoms with Crippen molar-refractivity contribution < 1.29 is 9.18 Å². The monoisotopic (exact) mass is 342 g/mol. The number of halogens is 3. The molecule has 0 aliphatic carbocycles. The van der Waals surface area contributed by atoms with E-state index in [4.69, 9.17) is 17.3 Å². The molecule has 0 aliphatic rings. The summed E-state index contributed by atoms with van der Waals surface area (Å²) in [6.45, 7) is 0. The fourth-order valence-corrected chi connectivity index (χ4v) is 1.96. The van der Waals surface area contributed by atoms with Gasteiger partial charge in [0, 0.05) is 11.3 Å². The number of nitrogens with two attached hydrogens (primary N) is 1. The molecule has 0 aromatic heterocycles. The first-order chi connectivity index (χ1) is 8.97. The van der Waals surface area contributed by atoms with E-state index in [2.05, 4.69) is 21.2 Å². The lowest BCUT2D eigenvalue weighted by atomic mass is 10.2. The van der Waals surface area contributed by atoms with Gasteiger partial charge in [0.2, 0.25) is 0 Å². The Morgan fingerprint density at radius 1 is 1.26 bits per heavy atom. The van der Waals surface area contributed by atoms with Crippen LogP contribution in [0.25, 0.3) is 0 Å². The van der Waals surface area contributed by atoms with Crippen molar-refractivity contribution in [2.45, 2.75) is 0 Å². The molecule has 0 unspecified atom stereocenters. The highest BCUT2D eigenvalue weighted by Gasteiger charge is 2.09. The number of carbonyl (C=O) groups is 1. The molecule has 19 heavy (non-hydrogen) atoms. The number of hydrogen-bond acceptors (Lipinski definition) is 2. The third-order valence-electron chi connectivity index (χ3n) is 2.44. The smallest absolute Gasteiger partial charge is 0.255 e. The van der Waals surface area contributed by atoms with Crippen LogP contribution in [0.5, 0.6) is 0 Å². The van der Waals surface area contributed by atoms with E-state index in [1.54, 1.807) is 12.1 Å². The van der Waals surface area contributed by atoms with Crippen molar-refractivity contribution in [3.63, 3.8) is 0 Å². The first-order valence-corrected chi connectivity index (χ1v) is 6.46. The van der Waals surface area contributed by atoms with Crippen molar-refractivity contribution in [1.82, 2.24) is 0 Å². The molecule has 0 aliphatic heterocycles. The third kappa shape index (κ3) is 3.24. The molecule has 0 spiro atoms. The standard InChI is InChI=1S/C13H9BrClFN2O/c14-9-6-8(2-4-11(9)16)18-13(19)7-1-3-10(15)12(17)5-7/h1-6H,17H2,(H,18,19). The van der Waals surface area contributed by atoms with E-state index in [1.807, 2.05) is 0 Å². The van der Waals surface area contributed by atoms with Crippen LogP contribution >= 0.6 is 27.5 Å². The van der Waals surface area contributed by atoms with Crippen LogP contribution in [-0.4, -0.2) is 5.91 Å². The fraction of sp³-hybridized carbons (Fsp3) is 0. The lowest BCUT2D eigenvalue weighted by Gasteiger charge is -2.07. The van der Waals surface area contributed by atoms with Gasteiger partial charge in [-0.2, -0.15) is 0 Å². The fourth-order valence-electron chi connectivity index (χ4n) is 1.46. The summed E-state index contributed by atoms with van der Waals surface area (Å²) in [6, 6.07) is 8.80. The molecule has 0 atom stereocenters. The van der Waals surface area contributed by atoms with E-state index in [-0.39, 0.29) is 10.4 Å². The zero-order valence-corrected chi connectivity index (χ0v) is 11.9. The van der Waals surface area contributed by atoms with E-state index < -0.39 is 5.82 Å². The van der Waals surface area contributed by atoms with Gasteiger partial charge in [-0.15, -0.1) is 0 Å². The van der Waals surface area contributed by atoms with Gasteiger partial charge >= 0.3 is 0 Å². The minimum absolute atomic E-state index is 0.279. The average Bonchev–Trinajstić information content (AvgIpc) is 2.37. The topological polar surface area (TPSA) is 55.1 Å². The molecular weight excluding hydrogens is 335 g/mol. The highest BCUT2D eigenvalue weighted by molar-refractivity contribution is 9.10. The number of carbonyl (C=O) groups excluding carboxylic acids is 1. The molecule has 98 valence electrons. The van der Waals surface area contributed by atoms with Gasteiger partial charge in [-0.25, -0.2) is 4.39 Å². The SMILES string of the molecule is Nc1cc(C(=O)Nc2ccc(F)c(Br)c2)ccc1Cl. The summed E-state index contributed by atoms with van der Waals surface area (Å²) in [7, 11) is 0. The molecule has 2 aromatic carbocycles. The summed E-state index contributed by atoms with van der Waals surface area (Å²) in [4.78, 5) is 12.0. The Hall–Kier alpha value is -1.59. The van der Waals surface area contributed by atoms with Gasteiger partial charge in [0.05, 0.1) is 15.2 Å². The quantitative estimate of drug-likeness (QED) is 0.807.